The molecule has 1 aliphatic heterocycles. The van der Waals surface area contributed by atoms with Crippen LogP contribution in [-0.2, 0) is 26.3 Å². The topological polar surface area (TPSA) is 122 Å². The molecule has 36 heavy (non-hydrogen) atoms. The highest BCUT2D eigenvalue weighted by Gasteiger charge is 2.70. The molecule has 4 saturated carbocycles. The highest BCUT2D eigenvalue weighted by Crippen LogP contribution is 2.73. The summed E-state index contributed by atoms with van der Waals surface area (Å²) in [7, 11) is -4.27. The summed E-state index contributed by atoms with van der Waals surface area (Å²) in [5.41, 5.74) is 0.00152. The Kier molecular flexibility index (Phi) is 4.52. The summed E-state index contributed by atoms with van der Waals surface area (Å²) in [6.07, 6.45) is 9.68. The minimum Gasteiger partial charge on any atom is -0.506 e. The number of halogens is 1. The minimum absolute atomic E-state index is 0.0113. The smallest absolute Gasteiger partial charge is 0.326 e. The van der Waals surface area contributed by atoms with Gasteiger partial charge in [-0.05, 0) is 74.3 Å². The predicted molar refractivity (Wildman–Crippen MR) is 126 cm³/mol. The van der Waals surface area contributed by atoms with Crippen LogP contribution in [0.1, 0.15) is 38.5 Å². The fraction of sp³-hybridized carbons (Fsp3) is 0.560. The number of amides is 1. The number of benzene rings is 1. The van der Waals surface area contributed by atoms with Crippen molar-refractivity contribution in [1.82, 2.24) is 14.5 Å². The number of nitrogens with one attached hydrogen (secondary N) is 1. The van der Waals surface area contributed by atoms with E-state index in [4.69, 9.17) is 0 Å². The first-order valence-electron chi connectivity index (χ1n) is 12.6. The number of carbonyl (C=O) groups excluding carboxylic acids is 2. The number of ketones is 1. The zero-order valence-electron chi connectivity index (χ0n) is 19.6. The Morgan fingerprint density at radius 2 is 1.94 bits per heavy atom. The third-order valence-corrected chi connectivity index (χ3v) is 10.5. The van der Waals surface area contributed by atoms with Gasteiger partial charge in [-0.3, -0.25) is 14.3 Å². The van der Waals surface area contributed by atoms with Crippen LogP contribution in [-0.4, -0.2) is 41.5 Å². The van der Waals surface area contributed by atoms with Crippen LogP contribution in [0, 0.1) is 40.8 Å². The second-order valence-corrected chi connectivity index (χ2v) is 13.0. The molecule has 0 radical (unpaired) electrons. The molecule has 2 aromatic rings. The molecule has 5 fully saturated rings. The largest absolute Gasteiger partial charge is 0.506 e. The van der Waals surface area contributed by atoms with Gasteiger partial charge in [-0.25, -0.2) is 13.4 Å². The van der Waals surface area contributed by atoms with Gasteiger partial charge in [0.15, 0.2) is 5.82 Å². The molecule has 0 spiro atoms. The van der Waals surface area contributed by atoms with E-state index in [-0.39, 0.29) is 11.0 Å². The lowest BCUT2D eigenvalue weighted by atomic mass is 9.33. The number of hydrogen-bond acceptors (Lipinski definition) is 6. The van der Waals surface area contributed by atoms with E-state index in [0.717, 1.165) is 38.5 Å². The van der Waals surface area contributed by atoms with Gasteiger partial charge in [0.25, 0.3) is 5.91 Å². The van der Waals surface area contributed by atoms with Crippen molar-refractivity contribution in [3.05, 3.63) is 30.3 Å². The van der Waals surface area contributed by atoms with E-state index in [9.17, 15) is 23.1 Å². The van der Waals surface area contributed by atoms with Crippen LogP contribution >= 0.6 is 0 Å². The third-order valence-electron chi connectivity index (χ3n) is 9.17. The van der Waals surface area contributed by atoms with Crippen molar-refractivity contribution in [3.63, 3.8) is 0 Å². The number of Topliss-reactive ketones (excluding diaryl/α,β-unsaturated/α-hetero) is 1. The first-order valence-corrected chi connectivity index (χ1v) is 14.0. The zero-order chi connectivity index (χ0) is 25.0. The lowest BCUT2D eigenvalue weighted by molar-refractivity contribution is -0.217. The molecule has 190 valence electrons. The summed E-state index contributed by atoms with van der Waals surface area (Å²) in [6.45, 7) is 0.100. The molecule has 2 unspecified atom stereocenters. The molecule has 11 heteroatoms. The van der Waals surface area contributed by atoms with Gasteiger partial charge in [0.2, 0.25) is 0 Å². The van der Waals surface area contributed by atoms with E-state index in [0.29, 0.717) is 51.8 Å². The van der Waals surface area contributed by atoms with Crippen molar-refractivity contribution in [1.29, 1.82) is 0 Å². The van der Waals surface area contributed by atoms with Crippen LogP contribution in [0.3, 0.4) is 0 Å². The molecule has 2 heterocycles. The van der Waals surface area contributed by atoms with Gasteiger partial charge in [0, 0.05) is 35.2 Å². The Balaban J connectivity index is 1.08. The summed E-state index contributed by atoms with van der Waals surface area (Å²) in [5, 5.41) is 14.6. The number of phenolic OH excluding ortho intramolecular Hbond substituents is 1. The van der Waals surface area contributed by atoms with Gasteiger partial charge in [-0.1, -0.05) is 0 Å². The van der Waals surface area contributed by atoms with Crippen molar-refractivity contribution < 1.29 is 27.5 Å². The first-order chi connectivity index (χ1) is 17.2. The maximum absolute atomic E-state index is 15.5. The van der Waals surface area contributed by atoms with E-state index in [1.807, 2.05) is 0 Å². The molecular formula is C25H27FN4O5S. The Hall–Kier alpha value is -2.95. The SMILES string of the molecule is O=C1CN(c2c(O)ccc(-c3cnn(CC4CC5CC6(C(=O)C7CC7)CC(C4)C56)c3)c2F)S(=O)(=O)N1. The van der Waals surface area contributed by atoms with Crippen LogP contribution in [0.4, 0.5) is 10.1 Å². The molecule has 1 aromatic carbocycles. The van der Waals surface area contributed by atoms with Crippen LogP contribution in [0.15, 0.2) is 24.5 Å². The van der Waals surface area contributed by atoms with Gasteiger partial charge in [-0.2, -0.15) is 13.5 Å². The van der Waals surface area contributed by atoms with E-state index in [1.165, 1.54) is 18.3 Å². The lowest BCUT2D eigenvalue weighted by Gasteiger charge is -2.70. The molecule has 7 rings (SSSR count). The molecule has 1 aromatic heterocycles. The van der Waals surface area contributed by atoms with Crippen molar-refractivity contribution in [2.24, 2.45) is 35.0 Å². The standard InChI is InChI=1S/C25H27FN4O5S/c26-22-18(3-4-19(31)23(22)30-12-20(32)28-36(30,34)35)17-9-27-29(11-17)10-13-5-15-7-25(24(33)14-1-2-14)8-16(6-13)21(15)25/h3-4,9,11,13-16,21,31H,1-2,5-8,10,12H2,(H,28,32). The van der Waals surface area contributed by atoms with Crippen molar-refractivity contribution in [3.8, 4) is 16.9 Å². The maximum atomic E-state index is 15.5. The number of rotatable bonds is 6. The number of hydrogen-bond donors (Lipinski definition) is 2. The van der Waals surface area contributed by atoms with E-state index < -0.39 is 39.9 Å². The Morgan fingerprint density at radius 3 is 2.58 bits per heavy atom. The van der Waals surface area contributed by atoms with Gasteiger partial charge in [0.05, 0.1) is 6.20 Å². The summed E-state index contributed by atoms with van der Waals surface area (Å²) in [4.78, 5) is 24.4. The maximum Gasteiger partial charge on any atom is 0.326 e. The van der Waals surface area contributed by atoms with Crippen LogP contribution < -0.4 is 9.03 Å². The summed E-state index contributed by atoms with van der Waals surface area (Å²) < 4.78 is 44.0. The van der Waals surface area contributed by atoms with Crippen molar-refractivity contribution >= 4 is 27.6 Å². The van der Waals surface area contributed by atoms with Gasteiger partial charge in [-0.15, -0.1) is 0 Å². The quantitative estimate of drug-likeness (QED) is 0.611. The van der Waals surface area contributed by atoms with E-state index in [1.54, 1.807) is 15.6 Å². The minimum atomic E-state index is -4.27. The summed E-state index contributed by atoms with van der Waals surface area (Å²) >= 11 is 0. The molecule has 1 saturated heterocycles. The monoisotopic (exact) mass is 514 g/mol. The highest BCUT2D eigenvalue weighted by molar-refractivity contribution is 7.92. The Bertz CT molecular complexity index is 1400. The number of nitrogens with zero attached hydrogens (tertiary/aromatic N) is 3. The van der Waals surface area contributed by atoms with Crippen molar-refractivity contribution in [2.45, 2.75) is 45.1 Å². The molecule has 9 nitrogen and oxygen atoms in total. The lowest BCUT2D eigenvalue weighted by Crippen LogP contribution is -2.67. The predicted octanol–water partition coefficient (Wildman–Crippen LogP) is 2.61. The molecule has 4 aliphatic carbocycles. The van der Waals surface area contributed by atoms with E-state index >= 15 is 4.39 Å². The summed E-state index contributed by atoms with van der Waals surface area (Å²) in [5.74, 6) is 0.866. The fourth-order valence-corrected chi connectivity index (χ4v) is 8.88. The second kappa shape index (κ2) is 7.30. The molecular weight excluding hydrogens is 487 g/mol. The molecule has 5 aliphatic rings. The number of carbonyl (C=O) groups is 2. The fourth-order valence-electron chi connectivity index (χ4n) is 7.72. The third kappa shape index (κ3) is 3.10. The number of phenols is 1. The highest BCUT2D eigenvalue weighted by atomic mass is 32.2. The van der Waals surface area contributed by atoms with Crippen LogP contribution in [0.25, 0.3) is 11.1 Å². The second-order valence-electron chi connectivity index (χ2n) is 11.4. The average molecular weight is 515 g/mol. The van der Waals surface area contributed by atoms with Gasteiger partial charge >= 0.3 is 10.2 Å². The summed E-state index contributed by atoms with van der Waals surface area (Å²) in [6, 6.07) is 2.59. The first kappa shape index (κ1) is 22.3. The normalized spacial score (nSPS) is 33.9. The average Bonchev–Trinajstić information content (AvgIpc) is 3.47. The van der Waals surface area contributed by atoms with Crippen LogP contribution in [0.2, 0.25) is 0 Å². The van der Waals surface area contributed by atoms with Gasteiger partial charge < -0.3 is 5.11 Å². The Morgan fingerprint density at radius 1 is 1.22 bits per heavy atom. The van der Waals surface area contributed by atoms with Crippen LogP contribution in [0.5, 0.6) is 5.75 Å². The molecule has 2 atom stereocenters. The number of anilines is 1. The zero-order valence-corrected chi connectivity index (χ0v) is 20.4. The number of aromatic hydroxyl groups is 1. The number of aromatic nitrogens is 2. The molecule has 1 amide bonds. The molecule has 2 N–H and O–H groups in total. The Labute approximate surface area is 207 Å². The van der Waals surface area contributed by atoms with Crippen molar-refractivity contribution in [2.75, 3.05) is 10.8 Å². The van der Waals surface area contributed by atoms with Gasteiger partial charge in [0.1, 0.15) is 23.8 Å². The molecule has 0 bridgehead atoms. The van der Waals surface area contributed by atoms with E-state index in [2.05, 4.69) is 5.10 Å².